The second kappa shape index (κ2) is 11.7. The van der Waals surface area contributed by atoms with Gasteiger partial charge in [0.15, 0.2) is 0 Å². The Morgan fingerprint density at radius 1 is 1.15 bits per heavy atom. The highest BCUT2D eigenvalue weighted by atomic mass is 35.5. The van der Waals surface area contributed by atoms with Crippen molar-refractivity contribution >= 4 is 41.0 Å². The number of nitriles is 1. The molecule has 1 aliphatic rings. The summed E-state index contributed by atoms with van der Waals surface area (Å²) in [6.45, 7) is 6.11. The quantitative estimate of drug-likeness (QED) is 0.300. The molecule has 1 unspecified atom stereocenters. The Hall–Kier alpha value is -3.31. The van der Waals surface area contributed by atoms with Gasteiger partial charge in [0.2, 0.25) is 5.91 Å². The van der Waals surface area contributed by atoms with Gasteiger partial charge in [-0.1, -0.05) is 68.2 Å². The Kier molecular flexibility index (Phi) is 8.65. The van der Waals surface area contributed by atoms with E-state index in [4.69, 9.17) is 23.2 Å². The second-order valence-corrected chi connectivity index (χ2v) is 12.1. The number of nitrogens with zero attached hydrogens (tertiary/aromatic N) is 2. The molecule has 0 spiro atoms. The van der Waals surface area contributed by atoms with Crippen LogP contribution in [0, 0.1) is 28.4 Å². The van der Waals surface area contributed by atoms with E-state index in [2.05, 4.69) is 21.7 Å². The highest BCUT2D eigenvalue weighted by Gasteiger charge is 2.59. The number of amides is 1. The van der Waals surface area contributed by atoms with E-state index in [1.165, 1.54) is 12.1 Å². The van der Waals surface area contributed by atoms with Crippen molar-refractivity contribution in [2.24, 2.45) is 10.4 Å². The highest BCUT2D eigenvalue weighted by Crippen LogP contribution is 2.52. The molecule has 0 saturated carbocycles. The first-order chi connectivity index (χ1) is 18.9. The fourth-order valence-corrected chi connectivity index (χ4v) is 6.08. The number of carbonyl (C=O) groups excluding carboxylic acids is 1. The third-order valence-electron chi connectivity index (χ3n) is 7.22. The van der Waals surface area contributed by atoms with Crippen LogP contribution in [0.1, 0.15) is 49.8 Å². The Morgan fingerprint density at radius 2 is 1.88 bits per heavy atom. The molecule has 4 rings (SSSR count). The van der Waals surface area contributed by atoms with E-state index in [-0.39, 0.29) is 26.6 Å². The molecule has 0 aromatic heterocycles. The smallest absolute Gasteiger partial charge is 0.242 e. The molecule has 1 heterocycles. The molecule has 5 nitrogen and oxygen atoms in total. The monoisotopic (exact) mass is 582 g/mol. The molecule has 3 aromatic rings. The molecule has 4 atom stereocenters. The first kappa shape index (κ1) is 29.7. The average molecular weight is 584 g/mol. The van der Waals surface area contributed by atoms with Crippen LogP contribution in [0.2, 0.25) is 10.0 Å². The van der Waals surface area contributed by atoms with Crippen LogP contribution in [0.25, 0.3) is 0 Å². The molecule has 40 heavy (non-hydrogen) atoms. The molecule has 2 N–H and O–H groups in total. The van der Waals surface area contributed by atoms with Crippen LogP contribution >= 0.6 is 23.2 Å². The van der Waals surface area contributed by atoms with Crippen molar-refractivity contribution in [1.82, 2.24) is 5.32 Å². The summed E-state index contributed by atoms with van der Waals surface area (Å²) in [5.41, 5.74) is -0.415. The van der Waals surface area contributed by atoms with E-state index < -0.39 is 41.0 Å². The summed E-state index contributed by atoms with van der Waals surface area (Å²) in [5.74, 6) is -2.72. The van der Waals surface area contributed by atoms with Crippen LogP contribution in [0.4, 0.5) is 14.5 Å². The number of nitrogens with one attached hydrogen (secondary N) is 2. The summed E-state index contributed by atoms with van der Waals surface area (Å²) < 4.78 is 31.7. The summed E-state index contributed by atoms with van der Waals surface area (Å²) in [7, 11) is 1.57. The maximum atomic E-state index is 15.9. The van der Waals surface area contributed by atoms with Crippen molar-refractivity contribution in [2.75, 3.05) is 12.4 Å². The van der Waals surface area contributed by atoms with Crippen LogP contribution in [0.5, 0.6) is 0 Å². The van der Waals surface area contributed by atoms with Crippen molar-refractivity contribution in [1.29, 1.82) is 5.26 Å². The highest BCUT2D eigenvalue weighted by molar-refractivity contribution is 6.31. The standard InChI is InChI=1S/C31H30Cl2F2N4O/c1-30(2,3)15-25-31(17-37-4,22-12-11-19(32)14-24(22)34)26(21-9-6-10-23(33)27(21)35)28(39-25)29(40)38-20-8-5-7-18(13-20)16-36/h5-14,17,25-26,28,39H,15H2,1-4H3,(H,38,40)/t25-,26?,28+,31-/m0/s1. The number of halogens is 4. The summed E-state index contributed by atoms with van der Waals surface area (Å²) >= 11 is 12.4. The third kappa shape index (κ3) is 5.76. The number of rotatable bonds is 6. The normalized spacial score (nSPS) is 22.8. The van der Waals surface area contributed by atoms with E-state index in [9.17, 15) is 10.1 Å². The molecule has 1 amide bonds. The predicted octanol–water partition coefficient (Wildman–Crippen LogP) is 7.28. The van der Waals surface area contributed by atoms with Gasteiger partial charge in [0, 0.05) is 41.5 Å². The molecule has 1 aliphatic heterocycles. The van der Waals surface area contributed by atoms with Crippen LogP contribution < -0.4 is 10.6 Å². The van der Waals surface area contributed by atoms with Gasteiger partial charge in [-0.3, -0.25) is 9.79 Å². The Labute approximate surface area is 243 Å². The van der Waals surface area contributed by atoms with E-state index in [1.807, 2.05) is 20.8 Å². The molecule has 1 fully saturated rings. The van der Waals surface area contributed by atoms with E-state index in [0.29, 0.717) is 17.7 Å². The summed E-state index contributed by atoms with van der Waals surface area (Å²) in [6, 6.07) is 15.9. The Morgan fingerprint density at radius 3 is 2.52 bits per heavy atom. The van der Waals surface area contributed by atoms with Crippen LogP contribution in [-0.2, 0) is 10.2 Å². The number of benzene rings is 3. The van der Waals surface area contributed by atoms with Gasteiger partial charge in [-0.15, -0.1) is 0 Å². The zero-order valence-corrected chi connectivity index (χ0v) is 24.1. The van der Waals surface area contributed by atoms with Crippen molar-refractivity contribution in [3.8, 4) is 6.07 Å². The maximum absolute atomic E-state index is 15.9. The van der Waals surface area contributed by atoms with E-state index in [0.717, 1.165) is 0 Å². The molecule has 0 aliphatic carbocycles. The minimum absolute atomic E-state index is 0.114. The lowest BCUT2D eigenvalue weighted by molar-refractivity contribution is -0.118. The topological polar surface area (TPSA) is 77.3 Å². The van der Waals surface area contributed by atoms with E-state index in [1.54, 1.807) is 61.8 Å². The number of anilines is 1. The Bertz CT molecular complexity index is 1500. The molecule has 1 saturated heterocycles. The van der Waals surface area contributed by atoms with Gasteiger partial charge in [-0.25, -0.2) is 8.78 Å². The SMILES string of the molecule is CN=C[C@@]1(c2ccc(Cl)cc2F)C(c2cccc(Cl)c2F)[C@H](C(=O)Nc2cccc(C#N)c2)N[C@H]1CC(C)(C)C. The zero-order valence-electron chi connectivity index (χ0n) is 22.6. The fourth-order valence-electron chi connectivity index (χ4n) is 5.74. The number of aliphatic imine (C=N–C) groups is 1. The zero-order chi connectivity index (χ0) is 29.2. The lowest BCUT2D eigenvalue weighted by Gasteiger charge is -2.40. The molecule has 3 aromatic carbocycles. The predicted molar refractivity (Wildman–Crippen MR) is 156 cm³/mol. The first-order valence-corrected chi connectivity index (χ1v) is 13.6. The van der Waals surface area contributed by atoms with Gasteiger partial charge >= 0.3 is 0 Å². The van der Waals surface area contributed by atoms with Crippen molar-refractivity contribution in [3.63, 3.8) is 0 Å². The van der Waals surface area contributed by atoms with Gasteiger partial charge in [-0.2, -0.15) is 5.26 Å². The molecular weight excluding hydrogens is 553 g/mol. The van der Waals surface area contributed by atoms with Gasteiger partial charge in [0.05, 0.1) is 28.1 Å². The van der Waals surface area contributed by atoms with Crippen molar-refractivity contribution in [2.45, 2.75) is 50.6 Å². The second-order valence-electron chi connectivity index (χ2n) is 11.2. The maximum Gasteiger partial charge on any atom is 0.242 e. The summed E-state index contributed by atoms with van der Waals surface area (Å²) in [4.78, 5) is 18.3. The third-order valence-corrected chi connectivity index (χ3v) is 7.75. The molecule has 9 heteroatoms. The lowest BCUT2D eigenvalue weighted by Crippen LogP contribution is -2.47. The average Bonchev–Trinajstić information content (AvgIpc) is 3.18. The van der Waals surface area contributed by atoms with Crippen molar-refractivity contribution in [3.05, 3.63) is 99.0 Å². The summed E-state index contributed by atoms with van der Waals surface area (Å²) in [6.07, 6.45) is 2.10. The summed E-state index contributed by atoms with van der Waals surface area (Å²) in [5, 5.41) is 15.7. The molecule has 0 bridgehead atoms. The fraction of sp³-hybridized carbons (Fsp3) is 0.323. The largest absolute Gasteiger partial charge is 0.325 e. The van der Waals surface area contributed by atoms with Gasteiger partial charge in [0.25, 0.3) is 0 Å². The lowest BCUT2D eigenvalue weighted by atomic mass is 9.62. The van der Waals surface area contributed by atoms with Crippen LogP contribution in [0.3, 0.4) is 0 Å². The molecule has 208 valence electrons. The molecule has 0 radical (unpaired) electrons. The Balaban J connectivity index is 1.99. The van der Waals surface area contributed by atoms with Gasteiger partial charge < -0.3 is 10.6 Å². The first-order valence-electron chi connectivity index (χ1n) is 12.8. The van der Waals surface area contributed by atoms with Gasteiger partial charge in [-0.05, 0) is 53.8 Å². The van der Waals surface area contributed by atoms with E-state index >= 15 is 8.78 Å². The van der Waals surface area contributed by atoms with Gasteiger partial charge in [0.1, 0.15) is 11.6 Å². The minimum Gasteiger partial charge on any atom is -0.325 e. The number of carbonyl (C=O) groups is 1. The van der Waals surface area contributed by atoms with Crippen LogP contribution in [0.15, 0.2) is 65.7 Å². The molecular formula is C31H30Cl2F2N4O. The van der Waals surface area contributed by atoms with Crippen molar-refractivity contribution < 1.29 is 13.6 Å². The number of hydrogen-bond acceptors (Lipinski definition) is 4. The number of hydrogen-bond donors (Lipinski definition) is 2. The van der Waals surface area contributed by atoms with Crippen LogP contribution in [-0.4, -0.2) is 31.3 Å². The minimum atomic E-state index is -1.31.